The van der Waals surface area contributed by atoms with Crippen LogP contribution < -0.4 is 15.4 Å². The first-order valence-corrected chi connectivity index (χ1v) is 9.73. The van der Waals surface area contributed by atoms with Gasteiger partial charge < -0.3 is 15.4 Å². The van der Waals surface area contributed by atoms with Gasteiger partial charge in [-0.3, -0.25) is 4.79 Å². The van der Waals surface area contributed by atoms with Crippen LogP contribution in [0.5, 0.6) is 5.75 Å². The molecule has 0 saturated heterocycles. The van der Waals surface area contributed by atoms with E-state index in [4.69, 9.17) is 4.74 Å². The molecule has 2 aromatic carbocycles. The Hall–Kier alpha value is -3.34. The number of anilines is 3. The molecule has 0 unspecified atom stereocenters. The number of aromatic nitrogens is 1. The summed E-state index contributed by atoms with van der Waals surface area (Å²) in [5, 5.41) is 6.11. The number of pyridine rings is 1. The van der Waals surface area contributed by atoms with Crippen molar-refractivity contribution in [3.8, 4) is 5.75 Å². The molecular formula is C24H27N3O2. The van der Waals surface area contributed by atoms with Crippen LogP contribution in [0.2, 0.25) is 0 Å². The molecule has 0 aliphatic rings. The van der Waals surface area contributed by atoms with E-state index in [9.17, 15) is 4.79 Å². The van der Waals surface area contributed by atoms with Gasteiger partial charge >= 0.3 is 0 Å². The normalized spacial score (nSPS) is 11.0. The Labute approximate surface area is 172 Å². The summed E-state index contributed by atoms with van der Waals surface area (Å²) in [7, 11) is 0. The maximum absolute atomic E-state index is 12.5. The van der Waals surface area contributed by atoms with Crippen LogP contribution in [-0.4, -0.2) is 17.5 Å². The van der Waals surface area contributed by atoms with Gasteiger partial charge in [0.05, 0.1) is 18.5 Å². The number of carbonyl (C=O) groups excluding carboxylic acids is 1. The summed E-state index contributed by atoms with van der Waals surface area (Å²) in [6.07, 6.45) is 1.64. The first kappa shape index (κ1) is 20.4. The average molecular weight is 389 g/mol. The number of nitrogens with one attached hydrogen (secondary N) is 2. The predicted octanol–water partition coefficient (Wildman–Crippen LogP) is 5.77. The minimum absolute atomic E-state index is 0.0606. The maximum atomic E-state index is 12.5. The number of carbonyl (C=O) groups is 1. The average Bonchev–Trinajstić information content (AvgIpc) is 2.70. The van der Waals surface area contributed by atoms with Crippen molar-refractivity contribution in [2.24, 2.45) is 0 Å². The zero-order valence-electron chi connectivity index (χ0n) is 17.3. The smallest absolute Gasteiger partial charge is 0.255 e. The van der Waals surface area contributed by atoms with E-state index in [1.807, 2.05) is 67.6 Å². The lowest BCUT2D eigenvalue weighted by atomic mass is 9.87. The minimum atomic E-state index is -0.153. The predicted molar refractivity (Wildman–Crippen MR) is 118 cm³/mol. The molecule has 0 bridgehead atoms. The lowest BCUT2D eigenvalue weighted by molar-refractivity contribution is 0.102. The van der Waals surface area contributed by atoms with Crippen molar-refractivity contribution in [2.45, 2.75) is 33.1 Å². The molecular weight excluding hydrogens is 362 g/mol. The third-order valence-corrected chi connectivity index (χ3v) is 4.47. The van der Waals surface area contributed by atoms with E-state index in [1.165, 1.54) is 5.56 Å². The molecule has 0 saturated carbocycles. The SMILES string of the molecule is CCOc1ccc(Nc2ccc(NC(=O)c3ccc(C(C)(C)C)cc3)cn2)cc1. The molecule has 150 valence electrons. The van der Waals surface area contributed by atoms with Crippen LogP contribution >= 0.6 is 0 Å². The lowest BCUT2D eigenvalue weighted by Gasteiger charge is -2.19. The molecule has 0 aliphatic carbocycles. The second kappa shape index (κ2) is 8.78. The van der Waals surface area contributed by atoms with Crippen LogP contribution in [0.4, 0.5) is 17.2 Å². The van der Waals surface area contributed by atoms with Gasteiger partial charge in [-0.1, -0.05) is 32.9 Å². The van der Waals surface area contributed by atoms with Gasteiger partial charge in [0, 0.05) is 11.3 Å². The number of rotatable bonds is 6. The van der Waals surface area contributed by atoms with Crippen molar-refractivity contribution in [3.05, 3.63) is 78.0 Å². The molecule has 5 nitrogen and oxygen atoms in total. The summed E-state index contributed by atoms with van der Waals surface area (Å²) in [5.74, 6) is 1.38. The molecule has 0 fully saturated rings. The number of benzene rings is 2. The molecule has 5 heteroatoms. The highest BCUT2D eigenvalue weighted by Crippen LogP contribution is 2.23. The van der Waals surface area contributed by atoms with Crippen LogP contribution in [0, 0.1) is 0 Å². The number of ether oxygens (including phenoxy) is 1. The van der Waals surface area contributed by atoms with Crippen molar-refractivity contribution in [2.75, 3.05) is 17.2 Å². The Kier molecular flexibility index (Phi) is 6.17. The van der Waals surface area contributed by atoms with Gasteiger partial charge in [-0.25, -0.2) is 4.98 Å². The molecule has 0 radical (unpaired) electrons. The summed E-state index contributed by atoms with van der Waals surface area (Å²) in [6.45, 7) is 9.05. The number of nitrogens with zero attached hydrogens (tertiary/aromatic N) is 1. The molecule has 0 spiro atoms. The topological polar surface area (TPSA) is 63.2 Å². The fraction of sp³-hybridized carbons (Fsp3) is 0.250. The summed E-state index contributed by atoms with van der Waals surface area (Å²) < 4.78 is 5.44. The van der Waals surface area contributed by atoms with E-state index in [0.29, 0.717) is 23.7 Å². The first-order chi connectivity index (χ1) is 13.8. The van der Waals surface area contributed by atoms with E-state index in [1.54, 1.807) is 6.20 Å². The Morgan fingerprint density at radius 2 is 1.59 bits per heavy atom. The summed E-state index contributed by atoms with van der Waals surface area (Å²) in [4.78, 5) is 16.8. The van der Waals surface area contributed by atoms with Gasteiger partial charge in [-0.15, -0.1) is 0 Å². The first-order valence-electron chi connectivity index (χ1n) is 9.73. The third kappa shape index (κ3) is 5.57. The van der Waals surface area contributed by atoms with Gasteiger partial charge in [0.25, 0.3) is 5.91 Å². The fourth-order valence-electron chi connectivity index (χ4n) is 2.82. The van der Waals surface area contributed by atoms with E-state index in [2.05, 4.69) is 36.4 Å². The largest absolute Gasteiger partial charge is 0.494 e. The van der Waals surface area contributed by atoms with Crippen LogP contribution in [0.3, 0.4) is 0 Å². The molecule has 3 aromatic rings. The standard InChI is InChI=1S/C24H27N3O2/c1-5-29-21-13-10-19(11-14-21)26-22-15-12-20(16-25-22)27-23(28)17-6-8-18(9-7-17)24(2,3)4/h6-16H,5H2,1-4H3,(H,25,26)(H,27,28). The quantitative estimate of drug-likeness (QED) is 0.561. The van der Waals surface area contributed by atoms with Gasteiger partial charge in [0.15, 0.2) is 0 Å². The highest BCUT2D eigenvalue weighted by molar-refractivity contribution is 6.04. The van der Waals surface area contributed by atoms with Crippen LogP contribution in [0.15, 0.2) is 66.9 Å². The van der Waals surface area contributed by atoms with Crippen molar-refractivity contribution in [1.82, 2.24) is 4.98 Å². The van der Waals surface area contributed by atoms with Crippen molar-refractivity contribution >= 4 is 23.1 Å². The van der Waals surface area contributed by atoms with Gasteiger partial charge in [0.1, 0.15) is 11.6 Å². The number of hydrogen-bond donors (Lipinski definition) is 2. The molecule has 3 rings (SSSR count). The van der Waals surface area contributed by atoms with Gasteiger partial charge in [-0.05, 0) is 66.4 Å². The lowest BCUT2D eigenvalue weighted by Crippen LogP contribution is -2.14. The Morgan fingerprint density at radius 3 is 2.14 bits per heavy atom. The van der Waals surface area contributed by atoms with Crippen LogP contribution in [-0.2, 0) is 5.41 Å². The zero-order chi connectivity index (χ0) is 20.9. The van der Waals surface area contributed by atoms with Crippen molar-refractivity contribution < 1.29 is 9.53 Å². The highest BCUT2D eigenvalue weighted by Gasteiger charge is 2.14. The molecule has 0 atom stereocenters. The Bertz CT molecular complexity index is 941. The molecule has 1 amide bonds. The molecule has 29 heavy (non-hydrogen) atoms. The maximum Gasteiger partial charge on any atom is 0.255 e. The van der Waals surface area contributed by atoms with Crippen molar-refractivity contribution in [3.63, 3.8) is 0 Å². The molecule has 2 N–H and O–H groups in total. The third-order valence-electron chi connectivity index (χ3n) is 4.47. The van der Waals surface area contributed by atoms with E-state index in [-0.39, 0.29) is 11.3 Å². The summed E-state index contributed by atoms with van der Waals surface area (Å²) in [6, 6.07) is 19.0. The highest BCUT2D eigenvalue weighted by atomic mass is 16.5. The van der Waals surface area contributed by atoms with E-state index >= 15 is 0 Å². The Balaban J connectivity index is 1.60. The van der Waals surface area contributed by atoms with Crippen molar-refractivity contribution in [1.29, 1.82) is 0 Å². The number of hydrogen-bond acceptors (Lipinski definition) is 4. The molecule has 1 heterocycles. The van der Waals surface area contributed by atoms with Crippen LogP contribution in [0.1, 0.15) is 43.6 Å². The summed E-state index contributed by atoms with van der Waals surface area (Å²) >= 11 is 0. The Morgan fingerprint density at radius 1 is 0.931 bits per heavy atom. The monoisotopic (exact) mass is 389 g/mol. The minimum Gasteiger partial charge on any atom is -0.494 e. The zero-order valence-corrected chi connectivity index (χ0v) is 17.3. The fourth-order valence-corrected chi connectivity index (χ4v) is 2.82. The molecule has 1 aromatic heterocycles. The number of amides is 1. The van der Waals surface area contributed by atoms with Crippen LogP contribution in [0.25, 0.3) is 0 Å². The van der Waals surface area contributed by atoms with E-state index < -0.39 is 0 Å². The summed E-state index contributed by atoms with van der Waals surface area (Å²) in [5.41, 5.74) is 3.43. The molecule has 0 aliphatic heterocycles. The van der Waals surface area contributed by atoms with Gasteiger partial charge in [-0.2, -0.15) is 0 Å². The van der Waals surface area contributed by atoms with Gasteiger partial charge in [0.2, 0.25) is 0 Å². The second-order valence-corrected chi connectivity index (χ2v) is 7.80. The second-order valence-electron chi connectivity index (χ2n) is 7.80. The van der Waals surface area contributed by atoms with E-state index in [0.717, 1.165) is 11.4 Å².